The molecule has 0 radical (unpaired) electrons. The molecule has 1 N–H and O–H groups in total. The van der Waals surface area contributed by atoms with E-state index in [0.717, 1.165) is 12.8 Å². The molecule has 0 aliphatic carbocycles. The van der Waals surface area contributed by atoms with Crippen molar-refractivity contribution >= 4 is 32.4 Å². The van der Waals surface area contributed by atoms with E-state index in [1.165, 1.54) is 39.9 Å². The molecule has 0 saturated carbocycles. The molecule has 3 aromatic rings. The number of aromatic nitrogens is 2. The van der Waals surface area contributed by atoms with E-state index < -0.39 is 10.0 Å². The van der Waals surface area contributed by atoms with Gasteiger partial charge in [0.2, 0.25) is 21.8 Å². The highest BCUT2D eigenvalue weighted by Gasteiger charge is 2.27. The molecule has 4 rings (SSSR count). The maximum atomic E-state index is 12.7. The van der Waals surface area contributed by atoms with Crippen molar-refractivity contribution in [1.82, 2.24) is 14.3 Å². The number of ether oxygens (including phenoxy) is 2. The normalized spacial score (nSPS) is 14.4. The Hall–Kier alpha value is -3.02. The van der Waals surface area contributed by atoms with Gasteiger partial charge in [0.15, 0.2) is 5.13 Å². The van der Waals surface area contributed by atoms with Gasteiger partial charge in [0, 0.05) is 36.8 Å². The van der Waals surface area contributed by atoms with Gasteiger partial charge >= 0.3 is 0 Å². The third-order valence-corrected chi connectivity index (χ3v) is 7.40. The molecule has 0 bridgehead atoms. The SMILES string of the molecule is CC(C)Oc1cc(C(=O)Nc2nccs2)cc(Oc2ccc(S(=O)(=O)N3CCCC3)cc2)n1. The molecule has 1 aromatic carbocycles. The number of hydrogen-bond acceptors (Lipinski definition) is 8. The van der Waals surface area contributed by atoms with E-state index in [2.05, 4.69) is 15.3 Å². The molecule has 1 aliphatic heterocycles. The van der Waals surface area contributed by atoms with Gasteiger partial charge in [-0.1, -0.05) is 0 Å². The van der Waals surface area contributed by atoms with Crippen molar-refractivity contribution in [2.45, 2.75) is 37.7 Å². The lowest BCUT2D eigenvalue weighted by atomic mass is 10.2. The topological polar surface area (TPSA) is 111 Å². The number of rotatable bonds is 8. The van der Waals surface area contributed by atoms with Crippen molar-refractivity contribution in [3.8, 4) is 17.5 Å². The predicted octanol–water partition coefficient (Wildman–Crippen LogP) is 4.15. The zero-order chi connectivity index (χ0) is 23.4. The van der Waals surface area contributed by atoms with Crippen molar-refractivity contribution in [2.24, 2.45) is 0 Å². The summed E-state index contributed by atoms with van der Waals surface area (Å²) in [6, 6.07) is 9.17. The number of anilines is 1. The number of nitrogens with zero attached hydrogens (tertiary/aromatic N) is 3. The maximum Gasteiger partial charge on any atom is 0.257 e. The highest BCUT2D eigenvalue weighted by Crippen LogP contribution is 2.27. The van der Waals surface area contributed by atoms with Crippen LogP contribution in [0.1, 0.15) is 37.0 Å². The average Bonchev–Trinajstić information content (AvgIpc) is 3.48. The summed E-state index contributed by atoms with van der Waals surface area (Å²) in [4.78, 5) is 21.3. The number of sulfonamides is 1. The third kappa shape index (κ3) is 5.67. The minimum absolute atomic E-state index is 0.146. The first-order chi connectivity index (χ1) is 15.8. The molecule has 2 aromatic heterocycles. The second kappa shape index (κ2) is 9.86. The van der Waals surface area contributed by atoms with Gasteiger partial charge in [-0.15, -0.1) is 11.3 Å². The summed E-state index contributed by atoms with van der Waals surface area (Å²) < 4.78 is 38.4. The molecule has 1 saturated heterocycles. The van der Waals surface area contributed by atoms with Crippen molar-refractivity contribution in [3.05, 3.63) is 53.5 Å². The Kier molecular flexibility index (Phi) is 6.91. The second-order valence-electron chi connectivity index (χ2n) is 7.67. The van der Waals surface area contributed by atoms with Crippen LogP contribution in [-0.2, 0) is 10.0 Å². The lowest BCUT2D eigenvalue weighted by molar-refractivity contribution is 0.102. The fourth-order valence-electron chi connectivity index (χ4n) is 3.30. The number of thiazole rings is 1. The summed E-state index contributed by atoms with van der Waals surface area (Å²) in [6.45, 7) is 4.78. The molecule has 11 heteroatoms. The number of benzene rings is 1. The minimum atomic E-state index is -3.51. The molecular formula is C22H24N4O5S2. The third-order valence-electron chi connectivity index (χ3n) is 4.80. The summed E-state index contributed by atoms with van der Waals surface area (Å²) >= 11 is 1.31. The van der Waals surface area contributed by atoms with Crippen LogP contribution in [0.25, 0.3) is 0 Å². The predicted molar refractivity (Wildman–Crippen MR) is 125 cm³/mol. The molecule has 1 aliphatic rings. The van der Waals surface area contributed by atoms with Gasteiger partial charge in [0.1, 0.15) is 5.75 Å². The molecule has 0 spiro atoms. The number of nitrogens with one attached hydrogen (secondary N) is 1. The van der Waals surface area contributed by atoms with Gasteiger partial charge in [-0.3, -0.25) is 10.1 Å². The molecule has 1 amide bonds. The van der Waals surface area contributed by atoms with Crippen LogP contribution in [0, 0.1) is 0 Å². The van der Waals surface area contributed by atoms with Gasteiger partial charge < -0.3 is 9.47 Å². The van der Waals surface area contributed by atoms with Crippen LogP contribution in [0.3, 0.4) is 0 Å². The monoisotopic (exact) mass is 488 g/mol. The first kappa shape index (κ1) is 23.1. The van der Waals surface area contributed by atoms with E-state index in [9.17, 15) is 13.2 Å². The molecule has 0 atom stereocenters. The smallest absolute Gasteiger partial charge is 0.257 e. The maximum absolute atomic E-state index is 12.7. The van der Waals surface area contributed by atoms with Gasteiger partial charge in [-0.05, 0) is 51.0 Å². The number of amides is 1. The van der Waals surface area contributed by atoms with Crippen LogP contribution >= 0.6 is 11.3 Å². The lowest BCUT2D eigenvalue weighted by Crippen LogP contribution is -2.27. The fraction of sp³-hybridized carbons (Fsp3) is 0.318. The van der Waals surface area contributed by atoms with E-state index in [0.29, 0.717) is 29.5 Å². The molecule has 9 nitrogen and oxygen atoms in total. The number of hydrogen-bond donors (Lipinski definition) is 1. The molecule has 1 fully saturated rings. The minimum Gasteiger partial charge on any atom is -0.475 e. The summed E-state index contributed by atoms with van der Waals surface area (Å²) in [7, 11) is -3.51. The Bertz CT molecular complexity index is 1210. The highest BCUT2D eigenvalue weighted by atomic mass is 32.2. The largest absolute Gasteiger partial charge is 0.475 e. The first-order valence-electron chi connectivity index (χ1n) is 10.5. The number of carbonyl (C=O) groups excluding carboxylic acids is 1. The first-order valence-corrected chi connectivity index (χ1v) is 12.8. The lowest BCUT2D eigenvalue weighted by Gasteiger charge is -2.16. The van der Waals surface area contributed by atoms with Gasteiger partial charge in [-0.25, -0.2) is 13.4 Å². The summed E-state index contributed by atoms with van der Waals surface area (Å²) in [5, 5.41) is 4.95. The molecule has 33 heavy (non-hydrogen) atoms. The Balaban J connectivity index is 1.55. The number of pyridine rings is 1. The molecular weight excluding hydrogens is 464 g/mol. The van der Waals surface area contributed by atoms with Crippen LogP contribution in [0.15, 0.2) is 52.9 Å². The van der Waals surface area contributed by atoms with Crippen LogP contribution in [-0.4, -0.2) is 47.8 Å². The van der Waals surface area contributed by atoms with E-state index >= 15 is 0 Å². The van der Waals surface area contributed by atoms with E-state index in [1.807, 2.05) is 13.8 Å². The average molecular weight is 489 g/mol. The van der Waals surface area contributed by atoms with Gasteiger partial charge in [0.25, 0.3) is 5.91 Å². The molecule has 174 valence electrons. The molecule has 0 unspecified atom stereocenters. The Morgan fingerprint density at radius 1 is 1.12 bits per heavy atom. The van der Waals surface area contributed by atoms with Gasteiger partial charge in [-0.2, -0.15) is 9.29 Å². The summed E-state index contributed by atoms with van der Waals surface area (Å²) in [6.07, 6.45) is 3.19. The van der Waals surface area contributed by atoms with Crippen molar-refractivity contribution in [1.29, 1.82) is 0 Å². The van der Waals surface area contributed by atoms with E-state index in [-0.39, 0.29) is 28.7 Å². The standard InChI is InChI=1S/C22H24N4O5S2/c1-15(2)30-19-13-16(21(27)25-22-23-9-12-32-22)14-20(24-19)31-17-5-7-18(8-6-17)33(28,29)26-10-3-4-11-26/h5-9,12-15H,3-4,10-11H2,1-2H3,(H,23,25,27). The van der Waals surface area contributed by atoms with Crippen LogP contribution in [0.4, 0.5) is 5.13 Å². The zero-order valence-corrected chi connectivity index (χ0v) is 19.9. The summed E-state index contributed by atoms with van der Waals surface area (Å²) in [5.41, 5.74) is 0.291. The van der Waals surface area contributed by atoms with Crippen LogP contribution in [0.2, 0.25) is 0 Å². The van der Waals surface area contributed by atoms with Gasteiger partial charge in [0.05, 0.1) is 16.6 Å². The quantitative estimate of drug-likeness (QED) is 0.507. The molecule has 3 heterocycles. The summed E-state index contributed by atoms with van der Waals surface area (Å²) in [5.74, 6) is 0.390. The second-order valence-corrected chi connectivity index (χ2v) is 10.5. The van der Waals surface area contributed by atoms with Crippen LogP contribution < -0.4 is 14.8 Å². The van der Waals surface area contributed by atoms with E-state index in [4.69, 9.17) is 9.47 Å². The van der Waals surface area contributed by atoms with Crippen molar-refractivity contribution in [2.75, 3.05) is 18.4 Å². The highest BCUT2D eigenvalue weighted by molar-refractivity contribution is 7.89. The Morgan fingerprint density at radius 3 is 2.45 bits per heavy atom. The fourth-order valence-corrected chi connectivity index (χ4v) is 5.34. The van der Waals surface area contributed by atoms with Crippen molar-refractivity contribution < 1.29 is 22.7 Å². The van der Waals surface area contributed by atoms with Crippen LogP contribution in [0.5, 0.6) is 17.5 Å². The zero-order valence-electron chi connectivity index (χ0n) is 18.2. The van der Waals surface area contributed by atoms with Crippen molar-refractivity contribution in [3.63, 3.8) is 0 Å². The number of carbonyl (C=O) groups is 1. The Labute approximate surface area is 196 Å². The Morgan fingerprint density at radius 2 is 1.82 bits per heavy atom. The van der Waals surface area contributed by atoms with E-state index in [1.54, 1.807) is 23.7 Å².